The zero-order chi connectivity index (χ0) is 14.6. The first-order valence-corrected chi connectivity index (χ1v) is 6.95. The van der Waals surface area contributed by atoms with Gasteiger partial charge in [0.25, 0.3) is 0 Å². The molecular weight excluding hydrogens is 242 g/mol. The number of carbonyl (C=O) groups excluding carboxylic acids is 1. The second-order valence-corrected chi connectivity index (χ2v) is 5.45. The number of rotatable bonds is 5. The van der Waals surface area contributed by atoms with Crippen LogP contribution in [0.1, 0.15) is 27.2 Å². The Morgan fingerprint density at radius 1 is 1.42 bits per heavy atom. The molecule has 0 aromatic carbocycles. The lowest BCUT2D eigenvalue weighted by molar-refractivity contribution is -0.140. The van der Waals surface area contributed by atoms with Crippen molar-refractivity contribution in [1.82, 2.24) is 9.80 Å². The zero-order valence-corrected chi connectivity index (χ0v) is 13.1. The summed E-state index contributed by atoms with van der Waals surface area (Å²) in [6.45, 7) is 8.56. The summed E-state index contributed by atoms with van der Waals surface area (Å²) >= 11 is 0. The van der Waals surface area contributed by atoms with Crippen LogP contribution in [0.5, 0.6) is 0 Å². The number of methoxy groups -OCH3 is 1. The Labute approximate surface area is 116 Å². The van der Waals surface area contributed by atoms with E-state index < -0.39 is 0 Å². The third-order valence-electron chi connectivity index (χ3n) is 4.01. The zero-order valence-electron chi connectivity index (χ0n) is 13.1. The second kappa shape index (κ2) is 6.37. The van der Waals surface area contributed by atoms with E-state index in [9.17, 15) is 4.79 Å². The van der Waals surface area contributed by atoms with E-state index in [4.69, 9.17) is 4.74 Å². The number of likely N-dealkylation sites (tertiary alicyclic amines) is 1. The molecule has 1 aliphatic rings. The molecule has 1 amide bonds. The van der Waals surface area contributed by atoms with Crippen molar-refractivity contribution in [2.24, 2.45) is 10.9 Å². The molecule has 0 radical (unpaired) electrons. The number of ether oxygens (including phenoxy) is 1. The molecule has 0 bridgehead atoms. The minimum atomic E-state index is -0.201. The predicted molar refractivity (Wildman–Crippen MR) is 77.4 cm³/mol. The van der Waals surface area contributed by atoms with Gasteiger partial charge in [0.05, 0.1) is 18.6 Å². The Hall–Kier alpha value is -1.10. The highest BCUT2D eigenvalue weighted by Crippen LogP contribution is 2.31. The highest BCUT2D eigenvalue weighted by molar-refractivity contribution is 5.87. The van der Waals surface area contributed by atoms with Crippen LogP contribution in [0.4, 0.5) is 0 Å². The lowest BCUT2D eigenvalue weighted by Gasteiger charge is -2.49. The predicted octanol–water partition coefficient (Wildman–Crippen LogP) is 1.24. The highest BCUT2D eigenvalue weighted by Gasteiger charge is 2.46. The molecule has 0 aromatic rings. The van der Waals surface area contributed by atoms with Crippen molar-refractivity contribution in [3.05, 3.63) is 0 Å². The summed E-state index contributed by atoms with van der Waals surface area (Å²) in [7, 11) is 5.29. The third kappa shape index (κ3) is 3.08. The maximum absolute atomic E-state index is 11.9. The Morgan fingerprint density at radius 3 is 2.37 bits per heavy atom. The topological polar surface area (TPSA) is 45.1 Å². The van der Waals surface area contributed by atoms with E-state index in [1.165, 1.54) is 0 Å². The SMILES string of the molecule is CC/N=C(/OC)C(C)(CC)N1CC(C(=O)N(C)C)C1. The molecule has 0 aliphatic carbocycles. The standard InChI is InChI=1S/C14H27N3O2/c1-7-14(3,13(19-6)15-8-2)17-9-11(10-17)12(18)16(4)5/h11H,7-10H2,1-6H3/b15-13+. The Kier molecular flexibility index (Phi) is 5.35. The van der Waals surface area contributed by atoms with E-state index in [1.807, 2.05) is 21.0 Å². The van der Waals surface area contributed by atoms with Gasteiger partial charge in [-0.3, -0.25) is 14.7 Å². The average Bonchev–Trinajstić information content (AvgIpc) is 2.33. The molecule has 1 saturated heterocycles. The number of amides is 1. The molecule has 0 spiro atoms. The van der Waals surface area contributed by atoms with E-state index in [0.29, 0.717) is 6.54 Å². The summed E-state index contributed by atoms with van der Waals surface area (Å²) in [5.41, 5.74) is -0.201. The number of hydrogen-bond donors (Lipinski definition) is 0. The largest absolute Gasteiger partial charge is 0.483 e. The van der Waals surface area contributed by atoms with Crippen LogP contribution in [0.15, 0.2) is 4.99 Å². The molecule has 1 unspecified atom stereocenters. The molecule has 19 heavy (non-hydrogen) atoms. The maximum atomic E-state index is 11.9. The van der Waals surface area contributed by atoms with Crippen LogP contribution in [0.25, 0.3) is 0 Å². The number of aliphatic imine (C=N–C) groups is 1. The van der Waals surface area contributed by atoms with Gasteiger partial charge in [0.2, 0.25) is 11.8 Å². The van der Waals surface area contributed by atoms with Crippen LogP contribution >= 0.6 is 0 Å². The Balaban J connectivity index is 2.74. The molecule has 1 fully saturated rings. The lowest BCUT2D eigenvalue weighted by atomic mass is 9.87. The van der Waals surface area contributed by atoms with Crippen molar-refractivity contribution < 1.29 is 9.53 Å². The van der Waals surface area contributed by atoms with Crippen LogP contribution in [0, 0.1) is 5.92 Å². The van der Waals surface area contributed by atoms with Crippen molar-refractivity contribution in [1.29, 1.82) is 0 Å². The molecule has 0 aromatic heterocycles. The first kappa shape index (κ1) is 16.0. The molecule has 110 valence electrons. The summed E-state index contributed by atoms with van der Waals surface area (Å²) in [5.74, 6) is 1.09. The maximum Gasteiger partial charge on any atom is 0.227 e. The van der Waals surface area contributed by atoms with E-state index in [1.54, 1.807) is 12.0 Å². The summed E-state index contributed by atoms with van der Waals surface area (Å²) in [6, 6.07) is 0. The van der Waals surface area contributed by atoms with Crippen LogP contribution in [-0.2, 0) is 9.53 Å². The minimum absolute atomic E-state index is 0.112. The monoisotopic (exact) mass is 269 g/mol. The van der Waals surface area contributed by atoms with Crippen LogP contribution in [-0.4, -0.2) is 68.0 Å². The summed E-state index contributed by atoms with van der Waals surface area (Å²) in [5, 5.41) is 0. The van der Waals surface area contributed by atoms with E-state index in [2.05, 4.69) is 23.7 Å². The first-order chi connectivity index (χ1) is 8.90. The summed E-state index contributed by atoms with van der Waals surface area (Å²) < 4.78 is 5.46. The molecule has 1 aliphatic heterocycles. The van der Waals surface area contributed by atoms with Gasteiger partial charge in [-0.25, -0.2) is 0 Å². The van der Waals surface area contributed by atoms with Crippen molar-refractivity contribution >= 4 is 11.8 Å². The van der Waals surface area contributed by atoms with Gasteiger partial charge in [0.15, 0.2) is 0 Å². The van der Waals surface area contributed by atoms with E-state index in [-0.39, 0.29) is 17.4 Å². The van der Waals surface area contributed by atoms with Gasteiger partial charge in [0, 0.05) is 33.7 Å². The fourth-order valence-corrected chi connectivity index (χ4v) is 2.51. The fourth-order valence-electron chi connectivity index (χ4n) is 2.51. The van der Waals surface area contributed by atoms with Crippen LogP contribution in [0.3, 0.4) is 0 Å². The summed E-state index contributed by atoms with van der Waals surface area (Å²) in [4.78, 5) is 20.3. The molecular formula is C14H27N3O2. The van der Waals surface area contributed by atoms with Gasteiger partial charge in [-0.2, -0.15) is 0 Å². The molecule has 1 atom stereocenters. The van der Waals surface area contributed by atoms with Gasteiger partial charge in [-0.1, -0.05) is 6.92 Å². The molecule has 5 nitrogen and oxygen atoms in total. The molecule has 1 heterocycles. The number of carbonyl (C=O) groups is 1. The van der Waals surface area contributed by atoms with Gasteiger partial charge in [-0.15, -0.1) is 0 Å². The van der Waals surface area contributed by atoms with Crippen LogP contribution in [0.2, 0.25) is 0 Å². The van der Waals surface area contributed by atoms with Crippen molar-refractivity contribution in [3.63, 3.8) is 0 Å². The highest BCUT2D eigenvalue weighted by atomic mass is 16.5. The molecule has 5 heteroatoms. The van der Waals surface area contributed by atoms with E-state index >= 15 is 0 Å². The quantitative estimate of drug-likeness (QED) is 0.557. The lowest BCUT2D eigenvalue weighted by Crippen LogP contribution is -2.64. The van der Waals surface area contributed by atoms with Crippen molar-refractivity contribution in [3.8, 4) is 0 Å². The van der Waals surface area contributed by atoms with Crippen molar-refractivity contribution in [2.45, 2.75) is 32.7 Å². The normalized spacial score (nSPS) is 20.6. The Bertz CT molecular complexity index is 349. The Morgan fingerprint density at radius 2 is 2.00 bits per heavy atom. The third-order valence-corrected chi connectivity index (χ3v) is 4.01. The number of nitrogens with zero attached hydrogens (tertiary/aromatic N) is 3. The number of hydrogen-bond acceptors (Lipinski definition) is 4. The summed E-state index contributed by atoms with van der Waals surface area (Å²) in [6.07, 6.45) is 0.919. The smallest absolute Gasteiger partial charge is 0.227 e. The minimum Gasteiger partial charge on any atom is -0.483 e. The van der Waals surface area contributed by atoms with Crippen molar-refractivity contribution in [2.75, 3.05) is 40.8 Å². The van der Waals surface area contributed by atoms with Gasteiger partial charge >= 0.3 is 0 Å². The fraction of sp³-hybridized carbons (Fsp3) is 0.857. The van der Waals surface area contributed by atoms with Gasteiger partial charge in [-0.05, 0) is 20.3 Å². The van der Waals surface area contributed by atoms with E-state index in [0.717, 1.165) is 25.4 Å². The van der Waals surface area contributed by atoms with Gasteiger partial charge in [0.1, 0.15) is 0 Å². The molecule has 0 N–H and O–H groups in total. The second-order valence-electron chi connectivity index (χ2n) is 5.45. The van der Waals surface area contributed by atoms with Crippen LogP contribution < -0.4 is 0 Å². The average molecular weight is 269 g/mol. The molecule has 0 saturated carbocycles. The first-order valence-electron chi connectivity index (χ1n) is 6.95. The molecule has 1 rings (SSSR count). The van der Waals surface area contributed by atoms with Gasteiger partial charge < -0.3 is 9.64 Å².